The fraction of sp³-hybridized carbons (Fsp3) is 0.0476. The van der Waals surface area contributed by atoms with Gasteiger partial charge in [-0.05, 0) is 48.5 Å². The van der Waals surface area contributed by atoms with Crippen LogP contribution in [0.2, 0.25) is 0 Å². The van der Waals surface area contributed by atoms with E-state index in [2.05, 4.69) is 10.6 Å². The lowest BCUT2D eigenvalue weighted by Crippen LogP contribution is -2.15. The molecule has 0 bridgehead atoms. The summed E-state index contributed by atoms with van der Waals surface area (Å²) in [4.78, 5) is 24.5. The number of anilines is 2. The number of rotatable bonds is 5. The molecule has 0 aliphatic rings. The first-order valence-corrected chi connectivity index (χ1v) is 8.18. The number of nitrogens with one attached hydrogen (secondary N) is 2. The Morgan fingerprint density at radius 3 is 2.07 bits per heavy atom. The minimum Gasteiger partial charge on any atom is -0.497 e. The number of hydrogen-bond donors (Lipinski definition) is 2. The molecule has 3 rings (SSSR count). The number of halogens is 1. The molecule has 0 unspecified atom stereocenters. The van der Waals surface area contributed by atoms with Crippen LogP contribution in [0.3, 0.4) is 0 Å². The average molecular weight is 364 g/mol. The fourth-order valence-corrected chi connectivity index (χ4v) is 2.43. The Kier molecular flexibility index (Phi) is 5.47. The van der Waals surface area contributed by atoms with Crippen LogP contribution in [0.15, 0.2) is 72.8 Å². The van der Waals surface area contributed by atoms with E-state index in [1.54, 1.807) is 43.5 Å². The average Bonchev–Trinajstić information content (AvgIpc) is 2.70. The summed E-state index contributed by atoms with van der Waals surface area (Å²) in [7, 11) is 1.55. The maximum absolute atomic E-state index is 13.6. The van der Waals surface area contributed by atoms with Gasteiger partial charge in [0.2, 0.25) is 0 Å². The number of hydrogen-bond acceptors (Lipinski definition) is 3. The molecule has 2 amide bonds. The molecule has 0 atom stereocenters. The van der Waals surface area contributed by atoms with Gasteiger partial charge >= 0.3 is 0 Å². The monoisotopic (exact) mass is 364 g/mol. The summed E-state index contributed by atoms with van der Waals surface area (Å²) in [5, 5.41) is 5.26. The van der Waals surface area contributed by atoms with Crippen molar-refractivity contribution in [2.75, 3.05) is 17.7 Å². The van der Waals surface area contributed by atoms with Crippen LogP contribution in [0, 0.1) is 5.82 Å². The molecule has 0 saturated heterocycles. The summed E-state index contributed by atoms with van der Waals surface area (Å²) in [6.07, 6.45) is 0. The zero-order chi connectivity index (χ0) is 19.2. The number of methoxy groups -OCH3 is 1. The highest BCUT2D eigenvalue weighted by molar-refractivity contribution is 6.07. The van der Waals surface area contributed by atoms with Crippen LogP contribution in [-0.2, 0) is 0 Å². The lowest BCUT2D eigenvalue weighted by atomic mass is 10.1. The third kappa shape index (κ3) is 4.49. The fourth-order valence-electron chi connectivity index (χ4n) is 2.43. The second kappa shape index (κ2) is 8.14. The van der Waals surface area contributed by atoms with E-state index in [1.165, 1.54) is 36.4 Å². The summed E-state index contributed by atoms with van der Waals surface area (Å²) in [6.45, 7) is 0. The second-order valence-electron chi connectivity index (χ2n) is 5.70. The summed E-state index contributed by atoms with van der Waals surface area (Å²) in [5.74, 6) is -0.655. The van der Waals surface area contributed by atoms with Crippen LogP contribution in [0.5, 0.6) is 5.75 Å². The Balaban J connectivity index is 1.68. The maximum Gasteiger partial charge on any atom is 0.255 e. The van der Waals surface area contributed by atoms with E-state index in [1.807, 2.05) is 0 Å². The molecule has 0 radical (unpaired) electrons. The largest absolute Gasteiger partial charge is 0.497 e. The molecule has 0 spiro atoms. The Morgan fingerprint density at radius 1 is 0.815 bits per heavy atom. The minimum atomic E-state index is -0.514. The number of amides is 2. The molecule has 0 fully saturated rings. The van der Waals surface area contributed by atoms with Gasteiger partial charge in [0.25, 0.3) is 11.8 Å². The molecular formula is C21H17FN2O3. The van der Waals surface area contributed by atoms with Gasteiger partial charge in [-0.3, -0.25) is 9.59 Å². The number of carbonyl (C=O) groups excluding carboxylic acids is 2. The van der Waals surface area contributed by atoms with Crippen molar-refractivity contribution in [1.82, 2.24) is 0 Å². The molecule has 0 aliphatic heterocycles. The number of para-hydroxylation sites is 1. The van der Waals surface area contributed by atoms with E-state index in [-0.39, 0.29) is 11.6 Å². The predicted molar refractivity (Wildman–Crippen MR) is 102 cm³/mol. The molecule has 3 aromatic carbocycles. The normalized spacial score (nSPS) is 10.1. The summed E-state index contributed by atoms with van der Waals surface area (Å²) in [6, 6.07) is 19.0. The first kappa shape index (κ1) is 18.1. The van der Waals surface area contributed by atoms with Crippen LogP contribution in [0.1, 0.15) is 20.7 Å². The third-order valence-corrected chi connectivity index (χ3v) is 3.86. The molecule has 6 heteroatoms. The lowest BCUT2D eigenvalue weighted by molar-refractivity contribution is 0.101. The van der Waals surface area contributed by atoms with Crippen LogP contribution < -0.4 is 15.4 Å². The minimum absolute atomic E-state index is 0.0994. The maximum atomic E-state index is 13.6. The van der Waals surface area contributed by atoms with Crippen LogP contribution >= 0.6 is 0 Å². The molecule has 136 valence electrons. The van der Waals surface area contributed by atoms with Gasteiger partial charge in [0.1, 0.15) is 11.6 Å². The van der Waals surface area contributed by atoms with Crippen LogP contribution in [-0.4, -0.2) is 18.9 Å². The highest BCUT2D eigenvalue weighted by Crippen LogP contribution is 2.18. The molecule has 0 heterocycles. The Bertz CT molecular complexity index is 971. The van der Waals surface area contributed by atoms with Crippen molar-refractivity contribution >= 4 is 23.2 Å². The van der Waals surface area contributed by atoms with Crippen molar-refractivity contribution in [3.05, 3.63) is 89.7 Å². The predicted octanol–water partition coefficient (Wildman–Crippen LogP) is 4.34. The van der Waals surface area contributed by atoms with Gasteiger partial charge < -0.3 is 15.4 Å². The zero-order valence-electron chi connectivity index (χ0n) is 14.5. The van der Waals surface area contributed by atoms with Crippen LogP contribution in [0.25, 0.3) is 0 Å². The first-order valence-electron chi connectivity index (χ1n) is 8.18. The van der Waals surface area contributed by atoms with Crippen molar-refractivity contribution < 1.29 is 18.7 Å². The van der Waals surface area contributed by atoms with Gasteiger partial charge in [0, 0.05) is 22.9 Å². The van der Waals surface area contributed by atoms with Crippen molar-refractivity contribution in [3.63, 3.8) is 0 Å². The summed E-state index contributed by atoms with van der Waals surface area (Å²) >= 11 is 0. The second-order valence-corrected chi connectivity index (χ2v) is 5.70. The Hall–Kier alpha value is -3.67. The first-order chi connectivity index (χ1) is 13.1. The highest BCUT2D eigenvalue weighted by Gasteiger charge is 2.11. The highest BCUT2D eigenvalue weighted by atomic mass is 19.1. The van der Waals surface area contributed by atoms with Gasteiger partial charge in [0.15, 0.2) is 0 Å². The van der Waals surface area contributed by atoms with Gasteiger partial charge in [-0.25, -0.2) is 4.39 Å². The number of benzene rings is 3. The van der Waals surface area contributed by atoms with Gasteiger partial charge in [-0.1, -0.05) is 18.2 Å². The quantitative estimate of drug-likeness (QED) is 0.708. The van der Waals surface area contributed by atoms with Crippen molar-refractivity contribution in [1.29, 1.82) is 0 Å². The van der Waals surface area contributed by atoms with Gasteiger partial charge in [-0.15, -0.1) is 0 Å². The smallest absolute Gasteiger partial charge is 0.255 e. The van der Waals surface area contributed by atoms with Crippen molar-refractivity contribution in [2.45, 2.75) is 0 Å². The molecule has 0 saturated carbocycles. The Morgan fingerprint density at radius 2 is 1.44 bits per heavy atom. The lowest BCUT2D eigenvalue weighted by Gasteiger charge is -2.08. The topological polar surface area (TPSA) is 67.4 Å². The molecule has 5 nitrogen and oxygen atoms in total. The molecule has 3 aromatic rings. The van der Waals surface area contributed by atoms with Crippen molar-refractivity contribution in [2.24, 2.45) is 0 Å². The van der Waals surface area contributed by atoms with Gasteiger partial charge in [0.05, 0.1) is 12.8 Å². The van der Waals surface area contributed by atoms with Crippen LogP contribution in [0.4, 0.5) is 15.8 Å². The van der Waals surface area contributed by atoms with E-state index in [9.17, 15) is 14.0 Å². The standard InChI is InChI=1S/C21H17FN2O3/c1-27-17-6-4-5-16(13-17)23-20(25)14-9-11-15(12-10-14)21(26)24-19-8-3-2-7-18(19)22/h2-13H,1H3,(H,23,25)(H,24,26). The third-order valence-electron chi connectivity index (χ3n) is 3.86. The number of ether oxygens (including phenoxy) is 1. The summed E-state index contributed by atoms with van der Waals surface area (Å²) in [5.41, 5.74) is 1.40. The molecular weight excluding hydrogens is 347 g/mol. The molecule has 0 aromatic heterocycles. The van der Waals surface area contributed by atoms with E-state index < -0.39 is 11.7 Å². The Labute approximate surface area is 155 Å². The summed E-state index contributed by atoms with van der Waals surface area (Å²) < 4.78 is 18.7. The van der Waals surface area contributed by atoms with Gasteiger partial charge in [-0.2, -0.15) is 0 Å². The molecule has 2 N–H and O–H groups in total. The molecule has 0 aliphatic carbocycles. The van der Waals surface area contributed by atoms with E-state index in [0.29, 0.717) is 22.6 Å². The SMILES string of the molecule is COc1cccc(NC(=O)c2ccc(C(=O)Nc3ccccc3F)cc2)c1. The van der Waals surface area contributed by atoms with E-state index in [0.717, 1.165) is 0 Å². The molecule has 27 heavy (non-hydrogen) atoms. The van der Waals surface area contributed by atoms with E-state index in [4.69, 9.17) is 4.74 Å². The zero-order valence-corrected chi connectivity index (χ0v) is 14.5. The van der Waals surface area contributed by atoms with Crippen molar-refractivity contribution in [3.8, 4) is 5.75 Å². The number of carbonyl (C=O) groups is 2. The van der Waals surface area contributed by atoms with E-state index >= 15 is 0 Å².